The minimum atomic E-state index is -0.225. The molecule has 1 fully saturated rings. The van der Waals surface area contributed by atoms with Gasteiger partial charge in [0.05, 0.1) is 11.0 Å². The van der Waals surface area contributed by atoms with E-state index in [2.05, 4.69) is 20.3 Å². The maximum Gasteiger partial charge on any atom is 0.323 e. The highest BCUT2D eigenvalue weighted by Crippen LogP contribution is 2.33. The van der Waals surface area contributed by atoms with Crippen LogP contribution in [0.15, 0.2) is 40.2 Å². The average molecular weight is 297 g/mol. The predicted octanol–water partition coefficient (Wildman–Crippen LogP) is 1.36. The largest absolute Gasteiger partial charge is 0.361 e. The van der Waals surface area contributed by atoms with E-state index in [-0.39, 0.29) is 11.2 Å². The number of nitrogens with zero attached hydrogens (tertiary/aromatic N) is 2. The number of imidazole rings is 1. The van der Waals surface area contributed by atoms with Gasteiger partial charge in [0.2, 0.25) is 0 Å². The van der Waals surface area contributed by atoms with Crippen LogP contribution in [0.1, 0.15) is 24.4 Å². The first-order valence-corrected chi connectivity index (χ1v) is 7.23. The zero-order chi connectivity index (χ0) is 15.1. The summed E-state index contributed by atoms with van der Waals surface area (Å²) in [5.74, 6) is 0.358. The molecule has 0 saturated heterocycles. The molecule has 0 spiro atoms. The molecule has 0 unspecified atom stereocenters. The quantitative estimate of drug-likeness (QED) is 0.677. The van der Waals surface area contributed by atoms with Crippen molar-refractivity contribution in [3.63, 3.8) is 0 Å². The summed E-state index contributed by atoms with van der Waals surface area (Å²) in [6, 6.07) is 5.95. The van der Waals surface area contributed by atoms with Gasteiger partial charge >= 0.3 is 5.69 Å². The Labute approximate surface area is 125 Å². The molecule has 0 radical (unpaired) electrons. The van der Waals surface area contributed by atoms with Gasteiger partial charge in [-0.2, -0.15) is 0 Å². The SMILES string of the molecule is O=c1[nH]c2ccc(CNc3nccn(C4CC4)c3=O)cc2[nH]1. The van der Waals surface area contributed by atoms with E-state index in [0.717, 1.165) is 29.4 Å². The molecule has 1 aliphatic rings. The van der Waals surface area contributed by atoms with E-state index < -0.39 is 0 Å². The topological polar surface area (TPSA) is 95.6 Å². The van der Waals surface area contributed by atoms with Gasteiger partial charge in [-0.05, 0) is 30.5 Å². The average Bonchev–Trinajstić information content (AvgIpc) is 3.27. The van der Waals surface area contributed by atoms with Crippen LogP contribution < -0.4 is 16.6 Å². The van der Waals surface area contributed by atoms with Crippen LogP contribution in [-0.2, 0) is 6.54 Å². The summed E-state index contributed by atoms with van der Waals surface area (Å²) >= 11 is 0. The Bertz CT molecular complexity index is 948. The van der Waals surface area contributed by atoms with E-state index in [9.17, 15) is 9.59 Å². The summed E-state index contributed by atoms with van der Waals surface area (Å²) in [7, 11) is 0. The van der Waals surface area contributed by atoms with E-state index in [1.165, 1.54) is 0 Å². The van der Waals surface area contributed by atoms with Crippen molar-refractivity contribution in [1.82, 2.24) is 19.5 Å². The summed E-state index contributed by atoms with van der Waals surface area (Å²) in [6.07, 6.45) is 5.50. The van der Waals surface area contributed by atoms with Crippen LogP contribution in [0.2, 0.25) is 0 Å². The lowest BCUT2D eigenvalue weighted by Gasteiger charge is -2.08. The molecule has 4 rings (SSSR count). The molecule has 0 aliphatic heterocycles. The molecule has 22 heavy (non-hydrogen) atoms. The van der Waals surface area contributed by atoms with Crippen LogP contribution in [0.5, 0.6) is 0 Å². The number of fused-ring (bicyclic) bond motifs is 1. The number of anilines is 1. The van der Waals surface area contributed by atoms with Crippen LogP contribution in [0.4, 0.5) is 5.82 Å². The predicted molar refractivity (Wildman–Crippen MR) is 83.0 cm³/mol. The van der Waals surface area contributed by atoms with Crippen LogP contribution in [-0.4, -0.2) is 19.5 Å². The summed E-state index contributed by atoms with van der Waals surface area (Å²) in [6.45, 7) is 0.472. The van der Waals surface area contributed by atoms with E-state index >= 15 is 0 Å². The fourth-order valence-electron chi connectivity index (χ4n) is 2.56. The number of rotatable bonds is 4. The zero-order valence-electron chi connectivity index (χ0n) is 11.8. The van der Waals surface area contributed by atoms with Crippen molar-refractivity contribution in [3.05, 3.63) is 57.0 Å². The number of benzene rings is 1. The molecule has 1 aliphatic carbocycles. The van der Waals surface area contributed by atoms with Crippen molar-refractivity contribution in [2.45, 2.75) is 25.4 Å². The van der Waals surface area contributed by atoms with E-state index in [1.54, 1.807) is 17.0 Å². The van der Waals surface area contributed by atoms with Gasteiger partial charge in [0.1, 0.15) is 0 Å². The molecule has 112 valence electrons. The maximum absolute atomic E-state index is 12.3. The Hall–Kier alpha value is -2.83. The summed E-state index contributed by atoms with van der Waals surface area (Å²) in [5, 5.41) is 3.08. The number of nitrogens with one attached hydrogen (secondary N) is 3. The lowest BCUT2D eigenvalue weighted by atomic mass is 10.2. The summed E-state index contributed by atoms with van der Waals surface area (Å²) < 4.78 is 1.74. The first-order valence-electron chi connectivity index (χ1n) is 7.23. The molecule has 0 bridgehead atoms. The highest BCUT2D eigenvalue weighted by Gasteiger charge is 2.25. The van der Waals surface area contributed by atoms with Gasteiger partial charge in [0, 0.05) is 25.0 Å². The molecule has 7 nitrogen and oxygen atoms in total. The number of H-pyrrole nitrogens is 2. The molecular formula is C15H15N5O2. The molecule has 1 saturated carbocycles. The first kappa shape index (κ1) is 12.9. The van der Waals surface area contributed by atoms with Crippen LogP contribution >= 0.6 is 0 Å². The highest BCUT2D eigenvalue weighted by atomic mass is 16.1. The standard InChI is InChI=1S/C15H15N5O2/c21-14-13(16-5-6-20(14)10-2-3-10)17-8-9-1-4-11-12(7-9)19-15(22)18-11/h1,4-7,10H,2-3,8H2,(H,16,17)(H2,18,19,22). The van der Waals surface area contributed by atoms with Crippen molar-refractivity contribution in [3.8, 4) is 0 Å². The van der Waals surface area contributed by atoms with Crippen molar-refractivity contribution in [2.75, 3.05) is 5.32 Å². The van der Waals surface area contributed by atoms with Gasteiger partial charge in [0.25, 0.3) is 5.56 Å². The third kappa shape index (κ3) is 2.30. The van der Waals surface area contributed by atoms with Crippen LogP contribution in [0.25, 0.3) is 11.0 Å². The van der Waals surface area contributed by atoms with Gasteiger partial charge in [-0.15, -0.1) is 0 Å². The Morgan fingerprint density at radius 3 is 2.86 bits per heavy atom. The van der Waals surface area contributed by atoms with Crippen molar-refractivity contribution in [1.29, 1.82) is 0 Å². The van der Waals surface area contributed by atoms with Crippen molar-refractivity contribution < 1.29 is 0 Å². The zero-order valence-corrected chi connectivity index (χ0v) is 11.8. The van der Waals surface area contributed by atoms with Gasteiger partial charge in [-0.1, -0.05) is 6.07 Å². The maximum atomic E-state index is 12.3. The molecule has 3 aromatic rings. The van der Waals surface area contributed by atoms with E-state index in [1.807, 2.05) is 18.2 Å². The summed E-state index contributed by atoms with van der Waals surface area (Å²) in [5.41, 5.74) is 2.17. The first-order chi connectivity index (χ1) is 10.7. The monoisotopic (exact) mass is 297 g/mol. The molecular weight excluding hydrogens is 282 g/mol. The van der Waals surface area contributed by atoms with Crippen LogP contribution in [0, 0.1) is 0 Å². The second kappa shape index (κ2) is 4.87. The second-order valence-electron chi connectivity index (χ2n) is 5.53. The third-order valence-corrected chi connectivity index (χ3v) is 3.85. The molecule has 2 heterocycles. The molecule has 7 heteroatoms. The van der Waals surface area contributed by atoms with Gasteiger partial charge < -0.3 is 19.9 Å². The fraction of sp³-hybridized carbons (Fsp3) is 0.267. The van der Waals surface area contributed by atoms with Gasteiger partial charge in [0.15, 0.2) is 5.82 Å². The third-order valence-electron chi connectivity index (χ3n) is 3.85. The summed E-state index contributed by atoms with van der Waals surface area (Å²) in [4.78, 5) is 33.1. The molecule has 3 N–H and O–H groups in total. The fourth-order valence-corrected chi connectivity index (χ4v) is 2.56. The Morgan fingerprint density at radius 1 is 1.23 bits per heavy atom. The number of hydrogen-bond donors (Lipinski definition) is 3. The normalized spacial score (nSPS) is 14.4. The molecule has 0 atom stereocenters. The second-order valence-corrected chi connectivity index (χ2v) is 5.53. The number of aromatic nitrogens is 4. The smallest absolute Gasteiger partial charge is 0.323 e. The van der Waals surface area contributed by atoms with Gasteiger partial charge in [-0.25, -0.2) is 9.78 Å². The molecule has 1 aromatic carbocycles. The number of hydrogen-bond acceptors (Lipinski definition) is 4. The highest BCUT2D eigenvalue weighted by molar-refractivity contribution is 5.75. The van der Waals surface area contributed by atoms with Crippen molar-refractivity contribution >= 4 is 16.9 Å². The lowest BCUT2D eigenvalue weighted by Crippen LogP contribution is -2.23. The number of aromatic amines is 2. The minimum absolute atomic E-state index is 0.0823. The van der Waals surface area contributed by atoms with Crippen molar-refractivity contribution in [2.24, 2.45) is 0 Å². The van der Waals surface area contributed by atoms with E-state index in [0.29, 0.717) is 18.4 Å². The molecule has 0 amide bonds. The Balaban J connectivity index is 1.57. The Kier molecular flexibility index (Phi) is 2.85. The van der Waals surface area contributed by atoms with Crippen LogP contribution in [0.3, 0.4) is 0 Å². The Morgan fingerprint density at radius 2 is 2.05 bits per heavy atom. The molecule has 2 aromatic heterocycles. The van der Waals surface area contributed by atoms with Gasteiger partial charge in [-0.3, -0.25) is 4.79 Å². The minimum Gasteiger partial charge on any atom is -0.361 e. The van der Waals surface area contributed by atoms with E-state index in [4.69, 9.17) is 0 Å². The lowest BCUT2D eigenvalue weighted by molar-refractivity contribution is 0.699.